The van der Waals surface area contributed by atoms with Gasteiger partial charge in [0, 0.05) is 61.5 Å². The molecule has 0 saturated heterocycles. The minimum absolute atomic E-state index is 0.0367. The number of pyridine rings is 1. The molecule has 6 heteroatoms. The van der Waals surface area contributed by atoms with Crippen LogP contribution < -0.4 is 5.32 Å². The van der Waals surface area contributed by atoms with Gasteiger partial charge >= 0.3 is 0 Å². The Balaban J connectivity index is 0.963. The van der Waals surface area contributed by atoms with Gasteiger partial charge in [-0.1, -0.05) is 12.1 Å². The summed E-state index contributed by atoms with van der Waals surface area (Å²) in [5, 5.41) is 8.67. The molecule has 6 rings (SSSR count). The second-order valence-electron chi connectivity index (χ2n) is 11.0. The van der Waals surface area contributed by atoms with Crippen molar-refractivity contribution >= 4 is 16.8 Å². The normalized spacial score (nSPS) is 23.1. The first-order valence-electron chi connectivity index (χ1n) is 13.6. The number of nitrogens with zero attached hydrogens (tertiary/aromatic N) is 4. The van der Waals surface area contributed by atoms with E-state index in [1.54, 1.807) is 4.68 Å². The van der Waals surface area contributed by atoms with Crippen LogP contribution in [0.5, 0.6) is 0 Å². The monoisotopic (exact) mass is 471 g/mol. The van der Waals surface area contributed by atoms with E-state index in [1.165, 1.54) is 55.6 Å². The molecular formula is C29H37N5O. The SMILES string of the molecule is Cn1cc2c(C(=O)N[C@H]3CC[C@H](CCN4CCc5ccc(C6CC6)nc5CC4)CC3)cccc2n1. The Hall–Kier alpha value is -2.73. The number of carbonyl (C=O) groups is 1. The van der Waals surface area contributed by atoms with E-state index in [4.69, 9.17) is 4.98 Å². The molecule has 2 aromatic heterocycles. The van der Waals surface area contributed by atoms with Gasteiger partial charge in [-0.05, 0) is 87.6 Å². The predicted octanol–water partition coefficient (Wildman–Crippen LogP) is 4.63. The summed E-state index contributed by atoms with van der Waals surface area (Å²) in [6, 6.07) is 10.7. The molecule has 6 nitrogen and oxygen atoms in total. The summed E-state index contributed by atoms with van der Waals surface area (Å²) < 4.78 is 1.78. The largest absolute Gasteiger partial charge is 0.349 e. The van der Waals surface area contributed by atoms with Crippen LogP contribution in [-0.2, 0) is 19.9 Å². The number of rotatable bonds is 6. The van der Waals surface area contributed by atoms with E-state index in [9.17, 15) is 4.79 Å². The molecule has 0 spiro atoms. The van der Waals surface area contributed by atoms with Crippen molar-refractivity contribution in [3.05, 3.63) is 59.0 Å². The first-order valence-corrected chi connectivity index (χ1v) is 13.6. The average molecular weight is 472 g/mol. The summed E-state index contributed by atoms with van der Waals surface area (Å²) in [7, 11) is 1.90. The van der Waals surface area contributed by atoms with Crippen molar-refractivity contribution in [2.24, 2.45) is 13.0 Å². The molecule has 1 amide bonds. The Morgan fingerprint density at radius 3 is 2.69 bits per heavy atom. The van der Waals surface area contributed by atoms with Gasteiger partial charge in [-0.2, -0.15) is 5.10 Å². The number of benzene rings is 1. The van der Waals surface area contributed by atoms with Crippen LogP contribution in [0.2, 0.25) is 0 Å². The van der Waals surface area contributed by atoms with E-state index in [0.717, 1.165) is 67.1 Å². The van der Waals surface area contributed by atoms with Gasteiger partial charge in [0.1, 0.15) is 0 Å². The summed E-state index contributed by atoms with van der Waals surface area (Å²) in [4.78, 5) is 20.7. The number of carbonyl (C=O) groups excluding carboxylic acids is 1. The minimum Gasteiger partial charge on any atom is -0.349 e. The fourth-order valence-electron chi connectivity index (χ4n) is 6.06. The predicted molar refractivity (Wildman–Crippen MR) is 139 cm³/mol. The van der Waals surface area contributed by atoms with Gasteiger partial charge in [-0.3, -0.25) is 14.5 Å². The molecule has 3 aliphatic rings. The lowest BCUT2D eigenvalue weighted by Crippen LogP contribution is -2.38. The second kappa shape index (κ2) is 9.73. The third-order valence-corrected chi connectivity index (χ3v) is 8.39. The fraction of sp³-hybridized carbons (Fsp3) is 0.552. The molecule has 0 bridgehead atoms. The van der Waals surface area contributed by atoms with Gasteiger partial charge < -0.3 is 10.2 Å². The van der Waals surface area contributed by atoms with Crippen molar-refractivity contribution in [2.45, 2.75) is 69.7 Å². The van der Waals surface area contributed by atoms with E-state index < -0.39 is 0 Å². The highest BCUT2D eigenvalue weighted by Crippen LogP contribution is 2.39. The van der Waals surface area contributed by atoms with Crippen LogP contribution in [0.1, 0.15) is 78.2 Å². The Bertz CT molecular complexity index is 1210. The van der Waals surface area contributed by atoms with Gasteiger partial charge in [0.05, 0.1) is 11.1 Å². The van der Waals surface area contributed by atoms with Crippen molar-refractivity contribution in [2.75, 3.05) is 19.6 Å². The maximum atomic E-state index is 13.0. The van der Waals surface area contributed by atoms with Crippen LogP contribution in [-0.4, -0.2) is 51.2 Å². The molecule has 0 radical (unpaired) electrons. The zero-order valence-corrected chi connectivity index (χ0v) is 20.9. The van der Waals surface area contributed by atoms with Gasteiger partial charge in [-0.15, -0.1) is 0 Å². The molecule has 2 aliphatic carbocycles. The Kier molecular flexibility index (Phi) is 6.31. The van der Waals surface area contributed by atoms with Crippen molar-refractivity contribution in [1.29, 1.82) is 0 Å². The van der Waals surface area contributed by atoms with Crippen LogP contribution in [0, 0.1) is 5.92 Å². The summed E-state index contributed by atoms with van der Waals surface area (Å²) >= 11 is 0. The molecule has 184 valence electrons. The summed E-state index contributed by atoms with van der Waals surface area (Å²) in [5.41, 5.74) is 5.77. The standard InChI is InChI=1S/C29H37N5O/c1-33-19-25-24(3-2-4-28(25)32-33)29(35)30-23-10-5-20(6-11-23)13-16-34-17-14-22-9-12-26(21-7-8-21)31-27(22)15-18-34/h2-4,9,12,19-21,23H,5-8,10-11,13-18H2,1H3,(H,30,35)/t20-,23-. The van der Waals surface area contributed by atoms with E-state index in [0.29, 0.717) is 0 Å². The second-order valence-corrected chi connectivity index (χ2v) is 11.0. The zero-order chi connectivity index (χ0) is 23.8. The third kappa shape index (κ3) is 5.13. The van der Waals surface area contributed by atoms with Crippen LogP contribution in [0.3, 0.4) is 0 Å². The number of aryl methyl sites for hydroxylation is 1. The van der Waals surface area contributed by atoms with E-state index in [1.807, 2.05) is 31.4 Å². The lowest BCUT2D eigenvalue weighted by Gasteiger charge is -2.30. The van der Waals surface area contributed by atoms with Gasteiger partial charge in [0.25, 0.3) is 5.91 Å². The lowest BCUT2D eigenvalue weighted by molar-refractivity contribution is 0.0921. The molecule has 3 aromatic rings. The van der Waals surface area contributed by atoms with Crippen molar-refractivity contribution in [3.8, 4) is 0 Å². The molecule has 1 N–H and O–H groups in total. The van der Waals surface area contributed by atoms with Crippen LogP contribution >= 0.6 is 0 Å². The Morgan fingerprint density at radius 2 is 1.86 bits per heavy atom. The Labute approximate surface area is 208 Å². The van der Waals surface area contributed by atoms with Gasteiger partial charge in [0.2, 0.25) is 0 Å². The highest BCUT2D eigenvalue weighted by atomic mass is 16.1. The van der Waals surface area contributed by atoms with Crippen molar-refractivity contribution in [3.63, 3.8) is 0 Å². The topological polar surface area (TPSA) is 63.1 Å². The molecular weight excluding hydrogens is 434 g/mol. The molecule has 0 unspecified atom stereocenters. The number of nitrogens with one attached hydrogen (secondary N) is 1. The van der Waals surface area contributed by atoms with Gasteiger partial charge in [0.15, 0.2) is 0 Å². The van der Waals surface area contributed by atoms with E-state index in [-0.39, 0.29) is 11.9 Å². The first-order chi connectivity index (χ1) is 17.1. The van der Waals surface area contributed by atoms with Crippen molar-refractivity contribution in [1.82, 2.24) is 25.0 Å². The van der Waals surface area contributed by atoms with E-state index in [2.05, 4.69) is 27.4 Å². The first kappa shape index (κ1) is 22.7. The summed E-state index contributed by atoms with van der Waals surface area (Å²) in [6.45, 7) is 3.48. The fourth-order valence-corrected chi connectivity index (χ4v) is 6.06. The zero-order valence-electron chi connectivity index (χ0n) is 20.9. The smallest absolute Gasteiger partial charge is 0.252 e. The maximum Gasteiger partial charge on any atom is 0.252 e. The summed E-state index contributed by atoms with van der Waals surface area (Å²) in [6.07, 6.45) is 12.7. The highest BCUT2D eigenvalue weighted by molar-refractivity contribution is 6.06. The molecule has 3 heterocycles. The number of aromatic nitrogens is 3. The molecule has 1 aliphatic heterocycles. The van der Waals surface area contributed by atoms with E-state index >= 15 is 0 Å². The van der Waals surface area contributed by atoms with Crippen molar-refractivity contribution < 1.29 is 4.79 Å². The number of fused-ring (bicyclic) bond motifs is 2. The number of hydrogen-bond donors (Lipinski definition) is 1. The molecule has 0 atom stereocenters. The summed E-state index contributed by atoms with van der Waals surface area (Å²) in [5.74, 6) is 1.55. The van der Waals surface area contributed by atoms with Crippen LogP contribution in [0.15, 0.2) is 36.5 Å². The van der Waals surface area contributed by atoms with Crippen LogP contribution in [0.25, 0.3) is 10.9 Å². The van der Waals surface area contributed by atoms with Gasteiger partial charge in [-0.25, -0.2) is 0 Å². The highest BCUT2D eigenvalue weighted by Gasteiger charge is 2.27. The van der Waals surface area contributed by atoms with Crippen LogP contribution in [0.4, 0.5) is 0 Å². The minimum atomic E-state index is 0.0367. The molecule has 1 aromatic carbocycles. The molecule has 35 heavy (non-hydrogen) atoms. The quantitative estimate of drug-likeness (QED) is 0.570. The molecule has 2 saturated carbocycles. The number of amides is 1. The average Bonchev–Trinajstić information content (AvgIpc) is 3.67. The lowest BCUT2D eigenvalue weighted by atomic mass is 9.84. The Morgan fingerprint density at radius 1 is 1.03 bits per heavy atom. The third-order valence-electron chi connectivity index (χ3n) is 8.39. The number of hydrogen-bond acceptors (Lipinski definition) is 4. The molecule has 2 fully saturated rings. The maximum absolute atomic E-state index is 13.0.